The Morgan fingerprint density at radius 2 is 1.95 bits per heavy atom. The molecule has 5 rings (SSSR count). The van der Waals surface area contributed by atoms with Crippen LogP contribution < -0.4 is 5.14 Å². The maximum absolute atomic E-state index is 14.7. The predicted molar refractivity (Wildman–Crippen MR) is 139 cm³/mol. The Labute approximate surface area is 224 Å². The molecule has 0 radical (unpaired) electrons. The zero-order valence-corrected chi connectivity index (χ0v) is 22.8. The van der Waals surface area contributed by atoms with Crippen molar-refractivity contribution in [1.29, 1.82) is 0 Å². The molecule has 1 saturated carbocycles. The number of hydrogen-bond acceptors (Lipinski definition) is 6. The van der Waals surface area contributed by atoms with Crippen LogP contribution in [0.3, 0.4) is 0 Å². The lowest BCUT2D eigenvalue weighted by atomic mass is 9.97. The van der Waals surface area contributed by atoms with E-state index < -0.39 is 26.6 Å². The Bertz CT molecular complexity index is 1650. The van der Waals surface area contributed by atoms with E-state index in [1.165, 1.54) is 30.4 Å². The summed E-state index contributed by atoms with van der Waals surface area (Å²) in [5.74, 6) is -1.06. The first-order chi connectivity index (χ1) is 17.5. The molecule has 1 fully saturated rings. The number of ketones is 1. The summed E-state index contributed by atoms with van der Waals surface area (Å²) in [6.45, 7) is 1.44. The number of hydrogen-bond donors (Lipinski definition) is 1. The zero-order chi connectivity index (χ0) is 26.5. The van der Waals surface area contributed by atoms with Gasteiger partial charge in [0, 0.05) is 29.9 Å². The van der Waals surface area contributed by atoms with Gasteiger partial charge in [-0.15, -0.1) is 11.3 Å². The molecule has 0 atom stereocenters. The largest absolute Gasteiger partial charge is 0.293 e. The second-order valence-electron chi connectivity index (χ2n) is 9.02. The van der Waals surface area contributed by atoms with Gasteiger partial charge in [0.05, 0.1) is 15.9 Å². The van der Waals surface area contributed by atoms with E-state index in [4.69, 9.17) is 10.2 Å². The summed E-state index contributed by atoms with van der Waals surface area (Å²) in [5, 5.41) is 12.2. The van der Waals surface area contributed by atoms with Gasteiger partial charge < -0.3 is 0 Å². The number of nitrogens with two attached hydrogens (primary N) is 1. The number of Topliss-reactive ketones (excluding diaryl/α,β-unsaturated/α-hetero) is 1. The number of carbonyl (C=O) groups is 1. The molecule has 0 spiro atoms. The molecule has 0 unspecified atom stereocenters. The van der Waals surface area contributed by atoms with Gasteiger partial charge in [0.2, 0.25) is 15.2 Å². The Morgan fingerprint density at radius 1 is 1.19 bits per heavy atom. The van der Waals surface area contributed by atoms with Crippen LogP contribution in [-0.4, -0.2) is 29.0 Å². The van der Waals surface area contributed by atoms with Crippen LogP contribution in [-0.2, 0) is 22.9 Å². The maximum Gasteiger partial charge on any atom is 0.240 e. The molecule has 2 heterocycles. The standard InChI is InChI=1S/C25H21BrF2N4O3S2/c1-13(33)21-12-36-25(30-21)32-22(10-14-2-3-14)17(24(31-32)16-5-6-19(27)18(26)11-16)8-15-4-7-23(20(28)9-15)37(29,34)35/h4-7,9,11-12,14H,2-3,8,10H2,1H3,(H2,29,34,35). The normalized spacial score (nSPS) is 13.8. The van der Waals surface area contributed by atoms with Crippen LogP contribution in [0.1, 0.15) is 47.1 Å². The summed E-state index contributed by atoms with van der Waals surface area (Å²) in [4.78, 5) is 15.8. The molecule has 0 aliphatic heterocycles. The molecule has 1 aliphatic rings. The lowest BCUT2D eigenvalue weighted by molar-refractivity contribution is 0.101. The first-order valence-corrected chi connectivity index (χ1v) is 14.6. The second-order valence-corrected chi connectivity index (χ2v) is 12.2. The van der Waals surface area contributed by atoms with Crippen molar-refractivity contribution in [1.82, 2.24) is 14.8 Å². The molecule has 2 aromatic heterocycles. The van der Waals surface area contributed by atoms with Crippen molar-refractivity contribution in [2.75, 3.05) is 0 Å². The summed E-state index contributed by atoms with van der Waals surface area (Å²) in [7, 11) is -4.20. The van der Waals surface area contributed by atoms with Gasteiger partial charge in [-0.1, -0.05) is 6.07 Å². The third-order valence-corrected chi connectivity index (χ3v) is 8.55. The van der Waals surface area contributed by atoms with Gasteiger partial charge in [-0.25, -0.2) is 32.0 Å². The Hall–Kier alpha value is -2.80. The van der Waals surface area contributed by atoms with E-state index in [0.29, 0.717) is 40.0 Å². The minimum absolute atomic E-state index is 0.160. The highest BCUT2D eigenvalue weighted by molar-refractivity contribution is 9.10. The molecule has 37 heavy (non-hydrogen) atoms. The summed E-state index contributed by atoms with van der Waals surface area (Å²) in [5.41, 5.74) is 3.70. The molecule has 0 bridgehead atoms. The number of sulfonamides is 1. The van der Waals surface area contributed by atoms with Gasteiger partial charge in [-0.05, 0) is 77.0 Å². The highest BCUT2D eigenvalue weighted by atomic mass is 79.9. The van der Waals surface area contributed by atoms with Crippen LogP contribution in [0.15, 0.2) is 51.1 Å². The van der Waals surface area contributed by atoms with Gasteiger partial charge in [0.15, 0.2) is 5.78 Å². The van der Waals surface area contributed by atoms with Gasteiger partial charge >= 0.3 is 0 Å². The first kappa shape index (κ1) is 25.8. The minimum atomic E-state index is -4.20. The van der Waals surface area contributed by atoms with Crippen molar-refractivity contribution in [2.24, 2.45) is 11.1 Å². The van der Waals surface area contributed by atoms with Crippen LogP contribution >= 0.6 is 27.3 Å². The molecule has 7 nitrogen and oxygen atoms in total. The third-order valence-electron chi connectivity index (χ3n) is 6.18. The Kier molecular flexibility index (Phi) is 6.86. The van der Waals surface area contributed by atoms with E-state index in [9.17, 15) is 22.0 Å². The first-order valence-electron chi connectivity index (χ1n) is 11.4. The Balaban J connectivity index is 1.69. The second kappa shape index (κ2) is 9.82. The van der Waals surface area contributed by atoms with Crippen molar-refractivity contribution < 1.29 is 22.0 Å². The SMILES string of the molecule is CC(=O)c1csc(-n2nc(-c3ccc(F)c(Br)c3)c(Cc3ccc(S(N)(=O)=O)c(F)c3)c2CC2CC2)n1. The van der Waals surface area contributed by atoms with Gasteiger partial charge in [0.1, 0.15) is 22.2 Å². The average Bonchev–Trinajstić information content (AvgIpc) is 3.38. The van der Waals surface area contributed by atoms with Crippen LogP contribution in [0.2, 0.25) is 0 Å². The molecule has 12 heteroatoms. The number of aromatic nitrogens is 3. The maximum atomic E-state index is 14.7. The van der Waals surface area contributed by atoms with Crippen LogP contribution in [0.5, 0.6) is 0 Å². The lowest BCUT2D eigenvalue weighted by Crippen LogP contribution is -2.14. The molecule has 192 valence electrons. The van der Waals surface area contributed by atoms with Crippen LogP contribution in [0, 0.1) is 17.6 Å². The smallest absolute Gasteiger partial charge is 0.240 e. The zero-order valence-electron chi connectivity index (χ0n) is 19.5. The fourth-order valence-electron chi connectivity index (χ4n) is 4.12. The number of halogens is 3. The van der Waals surface area contributed by atoms with Gasteiger partial charge in [-0.2, -0.15) is 5.10 Å². The molecule has 1 aliphatic carbocycles. The third kappa shape index (κ3) is 5.42. The summed E-state index contributed by atoms with van der Waals surface area (Å²) in [6.07, 6.45) is 3.06. The molecular formula is C25H21BrF2N4O3S2. The van der Waals surface area contributed by atoms with E-state index in [0.717, 1.165) is 36.2 Å². The van der Waals surface area contributed by atoms with E-state index in [-0.39, 0.29) is 16.7 Å². The number of carbonyl (C=O) groups excluding carboxylic acids is 1. The van der Waals surface area contributed by atoms with E-state index in [2.05, 4.69) is 20.9 Å². The van der Waals surface area contributed by atoms with Gasteiger partial charge in [-0.3, -0.25) is 4.79 Å². The molecule has 0 amide bonds. The molecule has 0 saturated heterocycles. The quantitative estimate of drug-likeness (QED) is 0.269. The molecule has 2 aromatic carbocycles. The van der Waals surface area contributed by atoms with E-state index in [1.807, 2.05) is 0 Å². The fourth-order valence-corrected chi connectivity index (χ4v) is 5.93. The number of nitrogens with zero attached hydrogens (tertiary/aromatic N) is 3. The van der Waals surface area contributed by atoms with Crippen molar-refractivity contribution in [3.8, 4) is 16.4 Å². The monoisotopic (exact) mass is 606 g/mol. The summed E-state index contributed by atoms with van der Waals surface area (Å²) < 4.78 is 54.0. The Morgan fingerprint density at radius 3 is 2.54 bits per heavy atom. The molecule has 4 aromatic rings. The number of primary sulfonamides is 1. The summed E-state index contributed by atoms with van der Waals surface area (Å²) >= 11 is 4.52. The topological polar surface area (TPSA) is 108 Å². The average molecular weight is 608 g/mol. The minimum Gasteiger partial charge on any atom is -0.293 e. The van der Waals surface area contributed by atoms with Crippen LogP contribution in [0.25, 0.3) is 16.4 Å². The number of rotatable bonds is 8. The molecular weight excluding hydrogens is 586 g/mol. The number of benzene rings is 2. The van der Waals surface area contributed by atoms with E-state index in [1.54, 1.807) is 22.2 Å². The van der Waals surface area contributed by atoms with Crippen molar-refractivity contribution in [3.05, 3.63) is 80.4 Å². The lowest BCUT2D eigenvalue weighted by Gasteiger charge is -2.10. The van der Waals surface area contributed by atoms with E-state index >= 15 is 0 Å². The van der Waals surface area contributed by atoms with Crippen LogP contribution in [0.4, 0.5) is 8.78 Å². The van der Waals surface area contributed by atoms with Crippen molar-refractivity contribution >= 4 is 43.1 Å². The van der Waals surface area contributed by atoms with Crippen molar-refractivity contribution in [2.45, 2.75) is 37.5 Å². The molecule has 2 N–H and O–H groups in total. The van der Waals surface area contributed by atoms with Gasteiger partial charge in [0.25, 0.3) is 0 Å². The highest BCUT2D eigenvalue weighted by Crippen LogP contribution is 2.38. The predicted octanol–water partition coefficient (Wildman–Crippen LogP) is 5.43. The summed E-state index contributed by atoms with van der Waals surface area (Å²) in [6, 6.07) is 8.40. The number of thiazole rings is 1. The van der Waals surface area contributed by atoms with Crippen molar-refractivity contribution in [3.63, 3.8) is 0 Å². The highest BCUT2D eigenvalue weighted by Gasteiger charge is 2.29. The fraction of sp³-hybridized carbons (Fsp3) is 0.240.